The molecule has 4 rings (SSSR count). The number of aliphatic hydroxyl groups is 1. The van der Waals surface area contributed by atoms with E-state index in [-0.39, 0.29) is 22.9 Å². The predicted octanol–water partition coefficient (Wildman–Crippen LogP) is 2.45. The Morgan fingerprint density at radius 3 is 2.29 bits per heavy atom. The van der Waals surface area contributed by atoms with Crippen LogP contribution in [0.15, 0.2) is 59.5 Å². The van der Waals surface area contributed by atoms with Gasteiger partial charge in [-0.25, -0.2) is 8.78 Å². The Morgan fingerprint density at radius 1 is 1.03 bits per heavy atom. The molecule has 34 heavy (non-hydrogen) atoms. The predicted molar refractivity (Wildman–Crippen MR) is 125 cm³/mol. The van der Waals surface area contributed by atoms with Gasteiger partial charge in [-0.2, -0.15) is 0 Å². The molecule has 3 aromatic rings. The Balaban J connectivity index is 1.55. The summed E-state index contributed by atoms with van der Waals surface area (Å²) in [6, 6.07) is 11.9. The van der Waals surface area contributed by atoms with Crippen LogP contribution in [-0.4, -0.2) is 59.4 Å². The summed E-state index contributed by atoms with van der Waals surface area (Å²) in [5.74, 6) is -1.93. The smallest absolute Gasteiger partial charge is 0.259 e. The Labute approximate surface area is 194 Å². The number of nitrogens with one attached hydrogen (secondary N) is 3. The number of para-hydroxylation sites is 1. The summed E-state index contributed by atoms with van der Waals surface area (Å²) < 4.78 is 28.2. The number of pyridine rings is 1. The number of piperazine rings is 1. The molecule has 0 spiro atoms. The van der Waals surface area contributed by atoms with Crippen molar-refractivity contribution in [1.82, 2.24) is 9.88 Å². The van der Waals surface area contributed by atoms with Gasteiger partial charge in [-0.05, 0) is 30.3 Å². The maximum Gasteiger partial charge on any atom is 0.259 e. The maximum atomic E-state index is 14.1. The number of benzene rings is 2. The molecule has 2 heterocycles. The van der Waals surface area contributed by atoms with E-state index in [0.29, 0.717) is 31.7 Å². The zero-order chi connectivity index (χ0) is 24.2. The van der Waals surface area contributed by atoms with Crippen molar-refractivity contribution in [1.29, 1.82) is 5.41 Å². The molecule has 1 fully saturated rings. The number of nitrogens with zero attached hydrogens (tertiary/aromatic N) is 2. The standard InChI is InChI=1S/C24H23F2N5O3/c25-17-2-1-3-18(26)23(17)29-19-8-9-28-24(34)21(19)22(27)15-4-6-16(7-5-15)30-10-12-31(13-11-30)20(33)14-32/h1-9,27,32H,10-14H2,(H2,28,29,34). The van der Waals surface area contributed by atoms with Gasteiger partial charge in [0.05, 0.1) is 17.0 Å². The molecule has 0 atom stereocenters. The fraction of sp³-hybridized carbons (Fsp3) is 0.208. The van der Waals surface area contributed by atoms with Crippen LogP contribution in [0.5, 0.6) is 0 Å². The van der Waals surface area contributed by atoms with Crippen LogP contribution in [0.1, 0.15) is 11.1 Å². The molecule has 8 nitrogen and oxygen atoms in total. The molecule has 0 aliphatic carbocycles. The average Bonchev–Trinajstić information content (AvgIpc) is 2.86. The lowest BCUT2D eigenvalue weighted by Gasteiger charge is -2.36. The molecule has 2 aromatic carbocycles. The second kappa shape index (κ2) is 9.84. The first-order valence-corrected chi connectivity index (χ1v) is 10.6. The molecule has 4 N–H and O–H groups in total. The lowest BCUT2D eigenvalue weighted by Crippen LogP contribution is -2.49. The van der Waals surface area contributed by atoms with Crippen LogP contribution < -0.4 is 15.8 Å². The van der Waals surface area contributed by atoms with Crippen LogP contribution in [0, 0.1) is 17.0 Å². The maximum absolute atomic E-state index is 14.1. The Bertz CT molecular complexity index is 1250. The van der Waals surface area contributed by atoms with Crippen molar-refractivity contribution in [3.8, 4) is 0 Å². The summed E-state index contributed by atoms with van der Waals surface area (Å²) in [5, 5.41) is 20.2. The van der Waals surface area contributed by atoms with Gasteiger partial charge in [0.2, 0.25) is 5.91 Å². The van der Waals surface area contributed by atoms with E-state index in [1.807, 2.05) is 12.1 Å². The Kier molecular flexibility index (Phi) is 6.69. The van der Waals surface area contributed by atoms with Crippen molar-refractivity contribution in [2.45, 2.75) is 0 Å². The van der Waals surface area contributed by atoms with Crippen molar-refractivity contribution in [3.05, 3.63) is 87.8 Å². The third-order valence-corrected chi connectivity index (χ3v) is 5.72. The quantitative estimate of drug-likeness (QED) is 0.416. The zero-order valence-corrected chi connectivity index (χ0v) is 18.1. The second-order valence-electron chi connectivity index (χ2n) is 7.76. The van der Waals surface area contributed by atoms with Crippen molar-refractivity contribution < 1.29 is 18.7 Å². The van der Waals surface area contributed by atoms with Gasteiger partial charge in [0.15, 0.2) is 0 Å². The summed E-state index contributed by atoms with van der Waals surface area (Å²) in [6.45, 7) is 1.69. The van der Waals surface area contributed by atoms with Gasteiger partial charge in [-0.3, -0.25) is 15.0 Å². The monoisotopic (exact) mass is 467 g/mol. The van der Waals surface area contributed by atoms with Gasteiger partial charge in [0.1, 0.15) is 23.9 Å². The Morgan fingerprint density at radius 2 is 1.68 bits per heavy atom. The van der Waals surface area contributed by atoms with Gasteiger partial charge in [-0.1, -0.05) is 18.2 Å². The molecule has 10 heteroatoms. The number of amides is 1. The SMILES string of the molecule is N=C(c1ccc(N2CCN(C(=O)CO)CC2)cc1)c1c(Nc2c(F)cccc2F)cc[nH]c1=O. The molecule has 1 aromatic heterocycles. The first kappa shape index (κ1) is 23.1. The highest BCUT2D eigenvalue weighted by Crippen LogP contribution is 2.26. The highest BCUT2D eigenvalue weighted by atomic mass is 19.1. The van der Waals surface area contributed by atoms with E-state index < -0.39 is 29.5 Å². The van der Waals surface area contributed by atoms with E-state index in [2.05, 4.69) is 15.2 Å². The highest BCUT2D eigenvalue weighted by molar-refractivity contribution is 6.14. The van der Waals surface area contributed by atoms with Crippen LogP contribution >= 0.6 is 0 Å². The molecule has 1 saturated heterocycles. The van der Waals surface area contributed by atoms with Gasteiger partial charge < -0.3 is 25.2 Å². The number of H-pyrrole nitrogens is 1. The van der Waals surface area contributed by atoms with E-state index >= 15 is 0 Å². The van der Waals surface area contributed by atoms with Gasteiger partial charge in [-0.15, -0.1) is 0 Å². The second-order valence-corrected chi connectivity index (χ2v) is 7.76. The van der Waals surface area contributed by atoms with E-state index in [1.165, 1.54) is 18.3 Å². The third kappa shape index (κ3) is 4.67. The number of hydrogen-bond donors (Lipinski definition) is 4. The lowest BCUT2D eigenvalue weighted by molar-refractivity contribution is -0.134. The molecule has 0 bridgehead atoms. The van der Waals surface area contributed by atoms with Crippen molar-refractivity contribution in [2.75, 3.05) is 43.0 Å². The van der Waals surface area contributed by atoms with Gasteiger partial charge >= 0.3 is 0 Å². The molecular formula is C24H23F2N5O3. The molecule has 176 valence electrons. The number of hydrogen-bond acceptors (Lipinski definition) is 6. The summed E-state index contributed by atoms with van der Waals surface area (Å²) >= 11 is 0. The highest BCUT2D eigenvalue weighted by Gasteiger charge is 2.21. The summed E-state index contributed by atoms with van der Waals surface area (Å²) in [6.07, 6.45) is 1.34. The molecule has 0 radical (unpaired) electrons. The molecule has 1 amide bonds. The fourth-order valence-corrected chi connectivity index (χ4v) is 3.88. The van der Waals surface area contributed by atoms with E-state index in [9.17, 15) is 18.4 Å². The van der Waals surface area contributed by atoms with Crippen LogP contribution in [0.2, 0.25) is 0 Å². The number of carbonyl (C=O) groups is 1. The molecule has 0 unspecified atom stereocenters. The van der Waals surface area contributed by atoms with Crippen molar-refractivity contribution >= 4 is 28.7 Å². The summed E-state index contributed by atoms with van der Waals surface area (Å²) in [4.78, 5) is 30.4. The fourth-order valence-electron chi connectivity index (χ4n) is 3.88. The number of anilines is 3. The van der Waals surface area contributed by atoms with Crippen LogP contribution in [-0.2, 0) is 4.79 Å². The largest absolute Gasteiger partial charge is 0.387 e. The minimum Gasteiger partial charge on any atom is -0.387 e. The average molecular weight is 467 g/mol. The van der Waals surface area contributed by atoms with Gasteiger partial charge in [0.25, 0.3) is 5.56 Å². The van der Waals surface area contributed by atoms with Gasteiger partial charge in [0, 0.05) is 43.6 Å². The topological polar surface area (TPSA) is 113 Å². The first-order valence-electron chi connectivity index (χ1n) is 10.6. The minimum atomic E-state index is -0.817. The third-order valence-electron chi connectivity index (χ3n) is 5.72. The van der Waals surface area contributed by atoms with Crippen molar-refractivity contribution in [3.63, 3.8) is 0 Å². The normalized spacial score (nSPS) is 13.6. The van der Waals surface area contributed by atoms with E-state index in [4.69, 9.17) is 10.5 Å². The summed E-state index contributed by atoms with van der Waals surface area (Å²) in [7, 11) is 0. The van der Waals surface area contributed by atoms with Crippen LogP contribution in [0.3, 0.4) is 0 Å². The summed E-state index contributed by atoms with van der Waals surface area (Å²) in [5.41, 5.74) is 0.316. The number of aliphatic hydroxyl groups excluding tert-OH is 1. The molecule has 1 aliphatic heterocycles. The van der Waals surface area contributed by atoms with E-state index in [0.717, 1.165) is 17.8 Å². The van der Waals surface area contributed by atoms with Crippen LogP contribution in [0.4, 0.5) is 25.8 Å². The number of aromatic amines is 1. The minimum absolute atomic E-state index is 0.0472. The first-order chi connectivity index (χ1) is 16.4. The van der Waals surface area contributed by atoms with E-state index in [1.54, 1.807) is 17.0 Å². The number of aromatic nitrogens is 1. The molecule has 0 saturated carbocycles. The zero-order valence-electron chi connectivity index (χ0n) is 18.1. The molecule has 1 aliphatic rings. The lowest BCUT2D eigenvalue weighted by atomic mass is 10.0. The number of halogens is 2. The molecular weight excluding hydrogens is 444 g/mol. The van der Waals surface area contributed by atoms with Crippen LogP contribution in [0.25, 0.3) is 0 Å². The van der Waals surface area contributed by atoms with Crippen molar-refractivity contribution in [2.24, 2.45) is 0 Å². The number of carbonyl (C=O) groups excluding carboxylic acids is 1. The Hall–Kier alpha value is -4.05. The number of rotatable bonds is 6.